The van der Waals surface area contributed by atoms with Crippen molar-refractivity contribution in [1.29, 1.82) is 0 Å². The third-order valence-corrected chi connectivity index (χ3v) is 9.58. The van der Waals surface area contributed by atoms with Crippen LogP contribution in [0, 0.1) is 5.82 Å². The first-order valence-electron chi connectivity index (χ1n) is 13.1. The fourth-order valence-corrected chi connectivity index (χ4v) is 5.56. The third-order valence-electron chi connectivity index (χ3n) is 6.70. The van der Waals surface area contributed by atoms with Crippen LogP contribution in [0.1, 0.15) is 11.1 Å². The minimum atomic E-state index is -4.74. The van der Waals surface area contributed by atoms with Gasteiger partial charge in [0.25, 0.3) is 0 Å². The molecule has 14 heteroatoms. The average molecular weight is 624 g/mol. The Kier molecular flexibility index (Phi) is 8.99. The highest BCUT2D eigenvalue weighted by Crippen LogP contribution is 2.41. The summed E-state index contributed by atoms with van der Waals surface area (Å²) in [6.45, 7) is 6.99. The number of pyridine rings is 2. The summed E-state index contributed by atoms with van der Waals surface area (Å²) < 4.78 is 89.4. The first kappa shape index (κ1) is 31.4. The van der Waals surface area contributed by atoms with Crippen molar-refractivity contribution < 1.29 is 30.7 Å². The summed E-state index contributed by atoms with van der Waals surface area (Å²) in [7, 11) is -3.74. The van der Waals surface area contributed by atoms with Gasteiger partial charge in [0.2, 0.25) is 10.0 Å². The van der Waals surface area contributed by atoms with E-state index in [2.05, 4.69) is 34.9 Å². The fourth-order valence-electron chi connectivity index (χ4n) is 4.32. The Bertz CT molecular complexity index is 1670. The second-order valence-corrected chi connectivity index (χ2v) is 18.8. The van der Waals surface area contributed by atoms with Gasteiger partial charge in [0.05, 0.1) is 23.2 Å². The zero-order valence-electron chi connectivity index (χ0n) is 24.0. The van der Waals surface area contributed by atoms with Gasteiger partial charge in [-0.2, -0.15) is 13.2 Å². The molecule has 42 heavy (non-hydrogen) atoms. The molecular weight excluding hydrogens is 590 g/mol. The smallest absolute Gasteiger partial charge is 0.380 e. The highest BCUT2D eigenvalue weighted by molar-refractivity contribution is 7.92. The van der Waals surface area contributed by atoms with Crippen molar-refractivity contribution in [3.8, 4) is 11.3 Å². The van der Waals surface area contributed by atoms with E-state index in [1.165, 1.54) is 25.4 Å². The molecule has 8 nitrogen and oxygen atoms in total. The van der Waals surface area contributed by atoms with Gasteiger partial charge in [0, 0.05) is 51.6 Å². The summed E-state index contributed by atoms with van der Waals surface area (Å²) >= 11 is 0. The number of benzene rings is 1. The van der Waals surface area contributed by atoms with Gasteiger partial charge in [-0.25, -0.2) is 22.8 Å². The first-order chi connectivity index (χ1) is 19.6. The van der Waals surface area contributed by atoms with Crippen molar-refractivity contribution >= 4 is 40.6 Å². The molecule has 0 fully saturated rings. The number of halogens is 4. The number of hydrogen-bond donors (Lipinski definition) is 1. The molecule has 0 amide bonds. The Morgan fingerprint density at radius 3 is 2.40 bits per heavy atom. The first-order valence-corrected chi connectivity index (χ1v) is 18.7. The third kappa shape index (κ3) is 7.28. The lowest BCUT2D eigenvalue weighted by Crippen LogP contribution is -2.27. The topological polar surface area (TPSA) is 89.3 Å². The van der Waals surface area contributed by atoms with E-state index in [0.717, 1.165) is 22.8 Å². The highest BCUT2D eigenvalue weighted by Gasteiger charge is 2.36. The van der Waals surface area contributed by atoms with Crippen LogP contribution >= 0.6 is 0 Å². The lowest BCUT2D eigenvalue weighted by atomic mass is 10.1. The van der Waals surface area contributed by atoms with Gasteiger partial charge in [-0.3, -0.25) is 4.31 Å². The summed E-state index contributed by atoms with van der Waals surface area (Å²) in [5.41, 5.74) is 0.487. The Labute approximate surface area is 243 Å². The van der Waals surface area contributed by atoms with E-state index in [1.807, 2.05) is 0 Å². The van der Waals surface area contributed by atoms with E-state index in [1.54, 1.807) is 34.9 Å². The van der Waals surface area contributed by atoms with E-state index >= 15 is 0 Å². The molecule has 0 saturated carbocycles. The molecule has 0 saturated heterocycles. The molecule has 1 N–H and O–H groups in total. The molecule has 0 atom stereocenters. The molecule has 0 aliphatic rings. The van der Waals surface area contributed by atoms with Crippen molar-refractivity contribution in [2.45, 2.75) is 45.1 Å². The second kappa shape index (κ2) is 12.0. The SMILES string of the molecule is CN(c1ncccc1CNc1c(C(F)(F)F)cnc2c1cc(-c1ccc(F)cc1)n2COCC[Si](C)(C)C)S(C)(=O)=O. The number of sulfonamides is 1. The Balaban J connectivity index is 1.82. The number of nitrogens with one attached hydrogen (secondary N) is 1. The van der Waals surface area contributed by atoms with Crippen molar-refractivity contribution in [1.82, 2.24) is 14.5 Å². The van der Waals surface area contributed by atoms with Crippen LogP contribution in [0.5, 0.6) is 0 Å². The zero-order valence-corrected chi connectivity index (χ0v) is 25.8. The highest BCUT2D eigenvalue weighted by atomic mass is 32.2. The molecule has 0 spiro atoms. The molecule has 0 aliphatic heterocycles. The number of nitrogens with zero attached hydrogens (tertiary/aromatic N) is 4. The van der Waals surface area contributed by atoms with Gasteiger partial charge in [-0.05, 0) is 48.0 Å². The maximum atomic E-state index is 14.3. The number of ether oxygens (including phenoxy) is 1. The van der Waals surface area contributed by atoms with Gasteiger partial charge in [-0.15, -0.1) is 0 Å². The van der Waals surface area contributed by atoms with Crippen molar-refractivity contribution in [2.24, 2.45) is 0 Å². The normalized spacial score (nSPS) is 12.6. The van der Waals surface area contributed by atoms with Crippen LogP contribution in [-0.4, -0.2) is 50.9 Å². The molecule has 1 aromatic carbocycles. The van der Waals surface area contributed by atoms with Gasteiger partial charge in [-0.1, -0.05) is 25.7 Å². The van der Waals surface area contributed by atoms with Crippen LogP contribution in [0.15, 0.2) is 54.9 Å². The number of hydrogen-bond acceptors (Lipinski definition) is 6. The standard InChI is InChI=1S/C28H33F4N5O3SSi/c1-36(41(2,38)39)26-20(7-6-12-33-26)16-34-25-22-15-24(19-8-10-21(29)11-9-19)37(18-40-13-14-42(3,4)5)27(22)35-17-23(25)28(30,31)32/h6-12,15,17H,13-14,16,18H2,1-5H3,(H,34,35). The molecule has 3 aromatic heterocycles. The van der Waals surface area contributed by atoms with E-state index in [9.17, 15) is 26.0 Å². The quantitative estimate of drug-likeness (QED) is 0.115. The van der Waals surface area contributed by atoms with Crippen LogP contribution < -0.4 is 9.62 Å². The summed E-state index contributed by atoms with van der Waals surface area (Å²) in [4.78, 5) is 8.33. The zero-order chi connectivity index (χ0) is 30.9. The maximum absolute atomic E-state index is 14.3. The molecule has 0 radical (unpaired) electrons. The predicted molar refractivity (Wildman–Crippen MR) is 159 cm³/mol. The molecule has 0 bridgehead atoms. The van der Waals surface area contributed by atoms with Crippen molar-refractivity contribution in [2.75, 3.05) is 29.5 Å². The number of anilines is 2. The number of fused-ring (bicyclic) bond motifs is 1. The Hall–Kier alpha value is -3.49. The summed E-state index contributed by atoms with van der Waals surface area (Å²) in [6.07, 6.45) is -1.55. The number of aromatic nitrogens is 3. The fraction of sp³-hybridized carbons (Fsp3) is 0.357. The molecule has 4 aromatic rings. The maximum Gasteiger partial charge on any atom is 0.419 e. The van der Waals surface area contributed by atoms with Gasteiger partial charge < -0.3 is 14.6 Å². The van der Waals surface area contributed by atoms with Crippen LogP contribution in [-0.2, 0) is 34.2 Å². The Morgan fingerprint density at radius 1 is 1.10 bits per heavy atom. The predicted octanol–water partition coefficient (Wildman–Crippen LogP) is 6.58. The van der Waals surface area contributed by atoms with Crippen LogP contribution in [0.25, 0.3) is 22.3 Å². The van der Waals surface area contributed by atoms with E-state index in [4.69, 9.17) is 4.74 Å². The second-order valence-electron chi connectivity index (χ2n) is 11.2. The number of rotatable bonds is 11. The summed E-state index contributed by atoms with van der Waals surface area (Å²) in [6, 6.07) is 11.3. The van der Waals surface area contributed by atoms with Crippen molar-refractivity contribution in [3.05, 3.63) is 71.8 Å². The lowest BCUT2D eigenvalue weighted by Gasteiger charge is -2.20. The lowest BCUT2D eigenvalue weighted by molar-refractivity contribution is -0.137. The van der Waals surface area contributed by atoms with Gasteiger partial charge in [0.15, 0.2) is 0 Å². The van der Waals surface area contributed by atoms with E-state index < -0.39 is 35.7 Å². The largest absolute Gasteiger partial charge is 0.419 e. The number of alkyl halides is 3. The molecule has 4 rings (SSSR count). The molecule has 0 aliphatic carbocycles. The Morgan fingerprint density at radius 2 is 1.79 bits per heavy atom. The van der Waals surface area contributed by atoms with Gasteiger partial charge >= 0.3 is 6.18 Å². The van der Waals surface area contributed by atoms with Crippen molar-refractivity contribution in [3.63, 3.8) is 0 Å². The molecule has 3 heterocycles. The van der Waals surface area contributed by atoms with E-state index in [-0.39, 0.29) is 35.8 Å². The summed E-state index contributed by atoms with van der Waals surface area (Å²) in [5.74, 6) is -0.356. The average Bonchev–Trinajstić information content (AvgIpc) is 3.27. The van der Waals surface area contributed by atoms with Crippen LogP contribution in [0.2, 0.25) is 25.7 Å². The monoisotopic (exact) mass is 623 g/mol. The van der Waals surface area contributed by atoms with Crippen LogP contribution in [0.4, 0.5) is 29.1 Å². The van der Waals surface area contributed by atoms with Crippen LogP contribution in [0.3, 0.4) is 0 Å². The molecule has 226 valence electrons. The molecule has 0 unspecified atom stereocenters. The molecular formula is C28H33F4N5O3SSi. The minimum Gasteiger partial charge on any atom is -0.380 e. The van der Waals surface area contributed by atoms with E-state index in [0.29, 0.717) is 23.4 Å². The minimum absolute atomic E-state index is 0.0321. The van der Waals surface area contributed by atoms with Gasteiger partial charge in [0.1, 0.15) is 24.0 Å². The summed E-state index contributed by atoms with van der Waals surface area (Å²) in [5, 5.41) is 3.06.